The summed E-state index contributed by atoms with van der Waals surface area (Å²) < 4.78 is 23.9. The Kier molecular flexibility index (Phi) is 5.35. The minimum atomic E-state index is -1.17. The number of anilines is 1. The van der Waals surface area contributed by atoms with Crippen molar-refractivity contribution in [1.29, 1.82) is 0 Å². The van der Waals surface area contributed by atoms with E-state index < -0.39 is 23.8 Å². The van der Waals surface area contributed by atoms with Gasteiger partial charge in [0.05, 0.1) is 0 Å². The summed E-state index contributed by atoms with van der Waals surface area (Å²) in [6.45, 7) is 3.37. The van der Waals surface area contributed by atoms with E-state index in [0.717, 1.165) is 0 Å². The number of furan rings is 1. The Labute approximate surface area is 155 Å². The van der Waals surface area contributed by atoms with Crippen LogP contribution in [0.4, 0.5) is 10.1 Å². The third-order valence-corrected chi connectivity index (χ3v) is 3.94. The molecule has 1 unspecified atom stereocenters. The van der Waals surface area contributed by atoms with Crippen LogP contribution < -0.4 is 5.32 Å². The van der Waals surface area contributed by atoms with E-state index in [1.165, 1.54) is 24.3 Å². The molecule has 1 atom stereocenters. The zero-order valence-electron chi connectivity index (χ0n) is 14.9. The van der Waals surface area contributed by atoms with Crippen LogP contribution in [-0.4, -0.2) is 11.9 Å². The maximum absolute atomic E-state index is 13.1. The molecule has 0 fully saturated rings. The van der Waals surface area contributed by atoms with Gasteiger partial charge in [0.2, 0.25) is 6.10 Å². The van der Waals surface area contributed by atoms with E-state index in [2.05, 4.69) is 5.32 Å². The number of carbonyl (C=O) groups is 2. The number of benzene rings is 2. The first-order valence-corrected chi connectivity index (χ1v) is 8.33. The largest absolute Gasteiger partial charge is 0.466 e. The lowest BCUT2D eigenvalue weighted by Gasteiger charge is -2.18. The number of halogens is 1. The van der Waals surface area contributed by atoms with E-state index in [9.17, 15) is 14.0 Å². The normalized spacial score (nSPS) is 11.7. The molecule has 0 saturated heterocycles. The van der Waals surface area contributed by atoms with Crippen LogP contribution in [0.3, 0.4) is 0 Å². The topological polar surface area (TPSA) is 68.5 Å². The SMILES string of the molecule is Cc1cc(C(=O)OC(C(=O)Nc2ccc(F)cc2)c2ccccc2)c(C)o1. The molecule has 0 aliphatic carbocycles. The van der Waals surface area contributed by atoms with Crippen LogP contribution in [0.1, 0.15) is 33.5 Å². The van der Waals surface area contributed by atoms with Gasteiger partial charge in [-0.05, 0) is 44.2 Å². The monoisotopic (exact) mass is 367 g/mol. The predicted molar refractivity (Wildman–Crippen MR) is 97.8 cm³/mol. The number of ether oxygens (including phenoxy) is 1. The number of carbonyl (C=O) groups excluding carboxylic acids is 2. The quantitative estimate of drug-likeness (QED) is 0.671. The summed E-state index contributed by atoms with van der Waals surface area (Å²) in [6, 6.07) is 15.6. The van der Waals surface area contributed by atoms with Gasteiger partial charge in [0, 0.05) is 11.3 Å². The van der Waals surface area contributed by atoms with Crippen LogP contribution in [-0.2, 0) is 9.53 Å². The summed E-state index contributed by atoms with van der Waals surface area (Å²) in [6.07, 6.45) is -1.17. The first kappa shape index (κ1) is 18.4. The van der Waals surface area contributed by atoms with E-state index in [1.54, 1.807) is 50.2 Å². The second-order valence-corrected chi connectivity index (χ2v) is 6.02. The van der Waals surface area contributed by atoms with Gasteiger partial charge in [0.15, 0.2) is 0 Å². The molecule has 0 bridgehead atoms. The lowest BCUT2D eigenvalue weighted by atomic mass is 10.1. The van der Waals surface area contributed by atoms with E-state index >= 15 is 0 Å². The van der Waals surface area contributed by atoms with E-state index in [0.29, 0.717) is 22.8 Å². The minimum absolute atomic E-state index is 0.267. The van der Waals surface area contributed by atoms with Gasteiger partial charge < -0.3 is 14.5 Å². The van der Waals surface area contributed by atoms with Crippen molar-refractivity contribution in [3.05, 3.63) is 89.1 Å². The van der Waals surface area contributed by atoms with Crippen molar-refractivity contribution in [3.8, 4) is 0 Å². The number of hydrogen-bond donors (Lipinski definition) is 1. The summed E-state index contributed by atoms with van der Waals surface area (Å²) in [5.41, 5.74) is 1.18. The van der Waals surface area contributed by atoms with Crippen molar-refractivity contribution in [2.75, 3.05) is 5.32 Å². The van der Waals surface area contributed by atoms with Gasteiger partial charge in [-0.25, -0.2) is 9.18 Å². The summed E-state index contributed by atoms with van der Waals surface area (Å²) in [7, 11) is 0. The van der Waals surface area contributed by atoms with Crippen molar-refractivity contribution >= 4 is 17.6 Å². The van der Waals surface area contributed by atoms with Crippen molar-refractivity contribution in [1.82, 2.24) is 0 Å². The van der Waals surface area contributed by atoms with Crippen molar-refractivity contribution in [2.45, 2.75) is 20.0 Å². The summed E-state index contributed by atoms with van der Waals surface area (Å²) in [4.78, 5) is 25.3. The molecule has 138 valence electrons. The number of rotatable bonds is 5. The second-order valence-electron chi connectivity index (χ2n) is 6.02. The van der Waals surface area contributed by atoms with Gasteiger partial charge in [0.1, 0.15) is 22.9 Å². The Hall–Kier alpha value is -3.41. The zero-order valence-corrected chi connectivity index (χ0v) is 14.9. The van der Waals surface area contributed by atoms with E-state index in [4.69, 9.17) is 9.15 Å². The first-order chi connectivity index (χ1) is 12.9. The Morgan fingerprint density at radius 1 is 1.04 bits per heavy atom. The Morgan fingerprint density at radius 3 is 2.30 bits per heavy atom. The fraction of sp³-hybridized carbons (Fsp3) is 0.143. The van der Waals surface area contributed by atoms with Crippen LogP contribution in [0.25, 0.3) is 0 Å². The van der Waals surface area contributed by atoms with Gasteiger partial charge in [-0.15, -0.1) is 0 Å². The lowest BCUT2D eigenvalue weighted by molar-refractivity contribution is -0.125. The molecule has 1 aromatic heterocycles. The average Bonchev–Trinajstić information content (AvgIpc) is 3.00. The van der Waals surface area contributed by atoms with Crippen LogP contribution in [0.15, 0.2) is 65.1 Å². The number of esters is 1. The number of amides is 1. The van der Waals surface area contributed by atoms with Gasteiger partial charge in [0.25, 0.3) is 5.91 Å². The molecule has 1 heterocycles. The fourth-order valence-electron chi connectivity index (χ4n) is 2.65. The highest BCUT2D eigenvalue weighted by Crippen LogP contribution is 2.24. The van der Waals surface area contributed by atoms with Gasteiger partial charge in [-0.1, -0.05) is 30.3 Å². The maximum atomic E-state index is 13.1. The lowest BCUT2D eigenvalue weighted by Crippen LogP contribution is -2.26. The number of aryl methyl sites for hydroxylation is 2. The molecule has 0 saturated carbocycles. The Balaban J connectivity index is 1.84. The molecule has 6 heteroatoms. The number of hydrogen-bond acceptors (Lipinski definition) is 4. The molecule has 1 amide bonds. The number of nitrogens with one attached hydrogen (secondary N) is 1. The van der Waals surface area contributed by atoms with Gasteiger partial charge in [-0.2, -0.15) is 0 Å². The van der Waals surface area contributed by atoms with E-state index in [1.807, 2.05) is 0 Å². The highest BCUT2D eigenvalue weighted by molar-refractivity contribution is 5.98. The standard InChI is InChI=1S/C21H18FNO4/c1-13-12-18(14(2)26-13)21(25)27-19(15-6-4-3-5-7-15)20(24)23-17-10-8-16(22)9-11-17/h3-12,19H,1-2H3,(H,23,24). The average molecular weight is 367 g/mol. The molecule has 3 rings (SSSR count). The summed E-state index contributed by atoms with van der Waals surface area (Å²) in [5.74, 6) is -0.619. The van der Waals surface area contributed by atoms with Crippen molar-refractivity contribution in [2.24, 2.45) is 0 Å². The molecular weight excluding hydrogens is 349 g/mol. The van der Waals surface area contributed by atoms with Crippen molar-refractivity contribution in [3.63, 3.8) is 0 Å². The molecule has 2 aromatic carbocycles. The van der Waals surface area contributed by atoms with Crippen LogP contribution in [0, 0.1) is 19.7 Å². The molecule has 0 aliphatic rings. The third-order valence-electron chi connectivity index (χ3n) is 3.94. The molecule has 5 nitrogen and oxygen atoms in total. The highest BCUT2D eigenvalue weighted by atomic mass is 19.1. The molecule has 0 radical (unpaired) electrons. The van der Waals surface area contributed by atoms with Crippen LogP contribution in [0.5, 0.6) is 0 Å². The fourth-order valence-corrected chi connectivity index (χ4v) is 2.65. The summed E-state index contributed by atoms with van der Waals surface area (Å²) >= 11 is 0. The smallest absolute Gasteiger partial charge is 0.342 e. The third kappa shape index (κ3) is 4.41. The molecule has 27 heavy (non-hydrogen) atoms. The summed E-state index contributed by atoms with van der Waals surface area (Å²) in [5, 5.41) is 2.64. The minimum Gasteiger partial charge on any atom is -0.466 e. The van der Waals surface area contributed by atoms with Gasteiger partial charge >= 0.3 is 5.97 Å². The first-order valence-electron chi connectivity index (χ1n) is 8.33. The zero-order chi connectivity index (χ0) is 19.4. The molecule has 0 spiro atoms. The van der Waals surface area contributed by atoms with Crippen molar-refractivity contribution < 1.29 is 23.1 Å². The van der Waals surface area contributed by atoms with Crippen LogP contribution >= 0.6 is 0 Å². The Morgan fingerprint density at radius 2 is 1.70 bits per heavy atom. The highest BCUT2D eigenvalue weighted by Gasteiger charge is 2.27. The predicted octanol–water partition coefficient (Wildman–Crippen LogP) is 4.57. The van der Waals surface area contributed by atoms with E-state index in [-0.39, 0.29) is 5.56 Å². The second kappa shape index (κ2) is 7.86. The molecule has 1 N–H and O–H groups in total. The molecular formula is C21H18FNO4. The molecule has 3 aromatic rings. The Bertz CT molecular complexity index is 948. The maximum Gasteiger partial charge on any atom is 0.342 e. The molecule has 0 aliphatic heterocycles. The van der Waals surface area contributed by atoms with Crippen LogP contribution in [0.2, 0.25) is 0 Å². The van der Waals surface area contributed by atoms with Gasteiger partial charge in [-0.3, -0.25) is 4.79 Å².